The predicted molar refractivity (Wildman–Crippen MR) is 19.3 cm³/mol. The highest BCUT2D eigenvalue weighted by molar-refractivity contribution is 5.71. The van der Waals surface area contributed by atoms with Gasteiger partial charge in [0.15, 0.2) is 0 Å². The Kier molecular flexibility index (Phi) is 1.60. The summed E-state index contributed by atoms with van der Waals surface area (Å²) in [5.41, 5.74) is 0. The molecule has 0 radical (unpaired) electrons. The number of hydrogen-bond donors (Lipinski definition) is 2. The smallest absolute Gasteiger partial charge is 0.332 e. The SMILES string of the molecule is [13CH3][C@H](O)C(=O)O. The highest BCUT2D eigenvalue weighted by Gasteiger charge is 2.01. The summed E-state index contributed by atoms with van der Waals surface area (Å²) in [5, 5.41) is 15.8. The van der Waals surface area contributed by atoms with Gasteiger partial charge in [0.25, 0.3) is 0 Å². The Bertz CT molecular complexity index is 57.1. The van der Waals surface area contributed by atoms with Gasteiger partial charge in [-0.1, -0.05) is 0 Å². The number of carboxylic acids is 1. The van der Waals surface area contributed by atoms with Crippen LogP contribution in [0.3, 0.4) is 0 Å². The number of aliphatic hydroxyl groups excluding tert-OH is 1. The van der Waals surface area contributed by atoms with Crippen molar-refractivity contribution in [3.63, 3.8) is 0 Å². The summed E-state index contributed by atoms with van der Waals surface area (Å²) in [7, 11) is 0. The van der Waals surface area contributed by atoms with Crippen molar-refractivity contribution < 1.29 is 15.0 Å². The third-order valence-corrected chi connectivity index (χ3v) is 0.357. The van der Waals surface area contributed by atoms with Crippen LogP contribution in [-0.2, 0) is 4.79 Å². The quantitative estimate of drug-likeness (QED) is 0.426. The Balaban J connectivity index is 3.26. The molecule has 0 aromatic carbocycles. The van der Waals surface area contributed by atoms with Crippen molar-refractivity contribution in [2.45, 2.75) is 13.0 Å². The number of carbonyl (C=O) groups is 1. The van der Waals surface area contributed by atoms with E-state index in [1.807, 2.05) is 0 Å². The van der Waals surface area contributed by atoms with Gasteiger partial charge in [-0.05, 0) is 6.92 Å². The molecule has 3 nitrogen and oxygen atoms in total. The van der Waals surface area contributed by atoms with E-state index in [0.29, 0.717) is 0 Å². The standard InChI is InChI=1S/C3H6O3/c1-2(4)3(5)6/h2,4H,1H3,(H,5,6)/t2-/m0/s1/i1+1. The average molecular weight is 91.1 g/mol. The molecule has 0 unspecified atom stereocenters. The molecule has 2 N–H and O–H groups in total. The van der Waals surface area contributed by atoms with E-state index in [-0.39, 0.29) is 0 Å². The minimum atomic E-state index is -1.23. The molecule has 0 aliphatic carbocycles. The molecule has 3 heteroatoms. The van der Waals surface area contributed by atoms with Crippen molar-refractivity contribution in [3.8, 4) is 0 Å². The van der Waals surface area contributed by atoms with Gasteiger partial charge in [-0.25, -0.2) is 4.79 Å². The summed E-state index contributed by atoms with van der Waals surface area (Å²) >= 11 is 0. The van der Waals surface area contributed by atoms with Crippen LogP contribution in [-0.4, -0.2) is 22.3 Å². The van der Waals surface area contributed by atoms with E-state index in [1.54, 1.807) is 0 Å². The van der Waals surface area contributed by atoms with Crippen LogP contribution in [0.25, 0.3) is 0 Å². The first-order chi connectivity index (χ1) is 2.64. The summed E-state index contributed by atoms with van der Waals surface area (Å²) in [5.74, 6) is -1.19. The summed E-state index contributed by atoms with van der Waals surface area (Å²) in [4.78, 5) is 9.45. The van der Waals surface area contributed by atoms with Crippen LogP contribution >= 0.6 is 0 Å². The molecule has 0 saturated carbocycles. The zero-order valence-electron chi connectivity index (χ0n) is 3.38. The summed E-state index contributed by atoms with van der Waals surface area (Å²) in [6.45, 7) is 1.20. The van der Waals surface area contributed by atoms with Gasteiger partial charge >= 0.3 is 5.97 Å². The van der Waals surface area contributed by atoms with E-state index < -0.39 is 12.1 Å². The van der Waals surface area contributed by atoms with E-state index in [0.717, 1.165) is 0 Å². The lowest BCUT2D eigenvalue weighted by Crippen LogP contribution is -2.13. The Labute approximate surface area is 35.2 Å². The molecule has 0 aliphatic rings. The number of aliphatic carboxylic acids is 1. The van der Waals surface area contributed by atoms with Gasteiger partial charge in [0.05, 0.1) is 0 Å². The lowest BCUT2D eigenvalue weighted by atomic mass is 10.6. The van der Waals surface area contributed by atoms with E-state index in [4.69, 9.17) is 10.2 Å². The van der Waals surface area contributed by atoms with Gasteiger partial charge < -0.3 is 10.2 Å². The molecule has 0 saturated heterocycles. The molecule has 1 atom stereocenters. The molecule has 0 bridgehead atoms. The summed E-state index contributed by atoms with van der Waals surface area (Å²) < 4.78 is 0. The van der Waals surface area contributed by atoms with E-state index >= 15 is 0 Å². The maximum absolute atomic E-state index is 9.45. The van der Waals surface area contributed by atoms with Gasteiger partial charge in [0.1, 0.15) is 6.10 Å². The highest BCUT2D eigenvalue weighted by Crippen LogP contribution is 1.73. The number of hydrogen-bond acceptors (Lipinski definition) is 2. The topological polar surface area (TPSA) is 57.5 Å². The molecule has 0 fully saturated rings. The molecule has 6 heavy (non-hydrogen) atoms. The molecule has 36 valence electrons. The van der Waals surface area contributed by atoms with Gasteiger partial charge in [-0.2, -0.15) is 0 Å². The number of aliphatic hydroxyl groups is 1. The highest BCUT2D eigenvalue weighted by atomic mass is 16.4. The minimum Gasteiger partial charge on any atom is -0.479 e. The van der Waals surface area contributed by atoms with Crippen LogP contribution in [0.15, 0.2) is 0 Å². The third-order valence-electron chi connectivity index (χ3n) is 0.357. The van der Waals surface area contributed by atoms with E-state index in [9.17, 15) is 4.79 Å². The fourth-order valence-electron chi connectivity index (χ4n) is 0. The zero-order chi connectivity index (χ0) is 5.15. The second-order valence-corrected chi connectivity index (χ2v) is 1.01. The number of rotatable bonds is 1. The average Bonchev–Trinajstić information content (AvgIpc) is 1.36. The van der Waals surface area contributed by atoms with Crippen molar-refractivity contribution in [2.24, 2.45) is 0 Å². The second-order valence-electron chi connectivity index (χ2n) is 1.01. The molecule has 0 heterocycles. The maximum Gasteiger partial charge on any atom is 0.332 e. The zero-order valence-corrected chi connectivity index (χ0v) is 3.38. The first kappa shape index (κ1) is 5.43. The first-order valence-corrected chi connectivity index (χ1v) is 1.55. The largest absolute Gasteiger partial charge is 0.479 e. The molecule has 0 aromatic heterocycles. The fraction of sp³-hybridized carbons (Fsp3) is 0.667. The molecule has 0 aliphatic heterocycles. The van der Waals surface area contributed by atoms with Crippen LogP contribution in [0, 0.1) is 0 Å². The third kappa shape index (κ3) is 1.72. The molecule has 0 aromatic rings. The molecule has 0 amide bonds. The molecular weight excluding hydrogens is 85.0 g/mol. The van der Waals surface area contributed by atoms with Gasteiger partial charge in [0.2, 0.25) is 0 Å². The van der Waals surface area contributed by atoms with Crippen LogP contribution in [0.2, 0.25) is 0 Å². The van der Waals surface area contributed by atoms with Crippen LogP contribution in [0.5, 0.6) is 0 Å². The van der Waals surface area contributed by atoms with E-state index in [2.05, 4.69) is 0 Å². The Morgan fingerprint density at radius 3 is 2.00 bits per heavy atom. The predicted octanol–water partition coefficient (Wildman–Crippen LogP) is -0.548. The van der Waals surface area contributed by atoms with Crippen molar-refractivity contribution in [3.05, 3.63) is 0 Å². The summed E-state index contributed by atoms with van der Waals surface area (Å²) in [6, 6.07) is 0. The second kappa shape index (κ2) is 1.77. The monoisotopic (exact) mass is 91.0 g/mol. The van der Waals surface area contributed by atoms with Crippen molar-refractivity contribution >= 4 is 5.97 Å². The van der Waals surface area contributed by atoms with Crippen molar-refractivity contribution in [1.82, 2.24) is 0 Å². The lowest BCUT2D eigenvalue weighted by Gasteiger charge is -1.89. The molecular formula is C3H6O3. The van der Waals surface area contributed by atoms with Crippen LogP contribution in [0.4, 0.5) is 0 Å². The first-order valence-electron chi connectivity index (χ1n) is 1.55. The number of carboxylic acid groups (broad SMARTS) is 1. The summed E-state index contributed by atoms with van der Waals surface area (Å²) in [6.07, 6.45) is -1.23. The Hall–Kier alpha value is -0.570. The minimum absolute atomic E-state index is 1.19. The van der Waals surface area contributed by atoms with Crippen molar-refractivity contribution in [2.75, 3.05) is 0 Å². The van der Waals surface area contributed by atoms with Gasteiger partial charge in [0, 0.05) is 0 Å². The normalized spacial score (nSPS) is 13.7. The van der Waals surface area contributed by atoms with E-state index in [1.165, 1.54) is 6.92 Å². The fourth-order valence-corrected chi connectivity index (χ4v) is 0. The lowest BCUT2D eigenvalue weighted by molar-refractivity contribution is -0.145. The van der Waals surface area contributed by atoms with Crippen LogP contribution in [0.1, 0.15) is 6.92 Å². The van der Waals surface area contributed by atoms with Gasteiger partial charge in [-0.15, -0.1) is 0 Å². The van der Waals surface area contributed by atoms with Crippen LogP contribution < -0.4 is 0 Å². The van der Waals surface area contributed by atoms with Gasteiger partial charge in [-0.3, -0.25) is 0 Å². The van der Waals surface area contributed by atoms with Crippen molar-refractivity contribution in [1.29, 1.82) is 0 Å². The molecule has 0 spiro atoms. The Morgan fingerprint density at radius 2 is 2.00 bits per heavy atom. The molecule has 0 rings (SSSR count). The Morgan fingerprint density at radius 1 is 1.83 bits per heavy atom. The maximum atomic E-state index is 9.45.